The van der Waals surface area contributed by atoms with Crippen molar-refractivity contribution in [1.29, 1.82) is 0 Å². The second-order valence-corrected chi connectivity index (χ2v) is 10.7. The minimum Gasteiger partial charge on any atom is -0.455 e. The highest BCUT2D eigenvalue weighted by atomic mass is 35.5. The topological polar surface area (TPSA) is 70.4 Å². The second kappa shape index (κ2) is 9.22. The molecule has 184 valence electrons. The van der Waals surface area contributed by atoms with E-state index in [4.69, 9.17) is 26.4 Å². The first-order valence-corrected chi connectivity index (χ1v) is 12.4. The van der Waals surface area contributed by atoms with Gasteiger partial charge in [-0.2, -0.15) is 9.49 Å². The Kier molecular flexibility index (Phi) is 6.25. The number of esters is 1. The summed E-state index contributed by atoms with van der Waals surface area (Å²) in [5, 5.41) is 7.33. The lowest BCUT2D eigenvalue weighted by Crippen LogP contribution is -2.47. The van der Waals surface area contributed by atoms with Crippen LogP contribution in [-0.4, -0.2) is 51.2 Å². The molecule has 1 atom stereocenters. The van der Waals surface area contributed by atoms with Gasteiger partial charge in [0.25, 0.3) is 0 Å². The number of hydrogen-bond donors (Lipinski definition) is 0. The lowest BCUT2D eigenvalue weighted by Gasteiger charge is -2.37. The van der Waals surface area contributed by atoms with Crippen LogP contribution in [-0.2, 0) is 9.53 Å². The van der Waals surface area contributed by atoms with E-state index in [1.807, 2.05) is 49.0 Å². The van der Waals surface area contributed by atoms with Crippen LogP contribution in [0.1, 0.15) is 64.5 Å². The third kappa shape index (κ3) is 4.89. The van der Waals surface area contributed by atoms with Crippen LogP contribution < -0.4 is 0 Å². The van der Waals surface area contributed by atoms with Gasteiger partial charge in [-0.05, 0) is 71.1 Å². The van der Waals surface area contributed by atoms with Crippen LogP contribution in [0.4, 0.5) is 4.39 Å². The number of allylic oxidation sites excluding steroid dienone is 4. The summed E-state index contributed by atoms with van der Waals surface area (Å²) in [6.45, 7) is 5.56. The molecular formula is C26H29ClFN5O2. The van der Waals surface area contributed by atoms with E-state index in [-0.39, 0.29) is 18.1 Å². The Morgan fingerprint density at radius 2 is 1.97 bits per heavy atom. The Morgan fingerprint density at radius 1 is 1.20 bits per heavy atom. The average molecular weight is 498 g/mol. The van der Waals surface area contributed by atoms with Gasteiger partial charge in [-0.25, -0.2) is 9.78 Å². The largest absolute Gasteiger partial charge is 0.455 e. The van der Waals surface area contributed by atoms with Crippen LogP contribution in [0, 0.1) is 5.95 Å². The van der Waals surface area contributed by atoms with E-state index in [0.29, 0.717) is 22.8 Å². The Balaban J connectivity index is 1.39. The van der Waals surface area contributed by atoms with E-state index < -0.39 is 17.5 Å². The molecule has 0 aromatic carbocycles. The molecule has 0 amide bonds. The summed E-state index contributed by atoms with van der Waals surface area (Å²) < 4.78 is 19.4. The van der Waals surface area contributed by atoms with Gasteiger partial charge in [0.2, 0.25) is 5.95 Å². The number of hydrazone groups is 1. The maximum Gasteiger partial charge on any atom is 0.355 e. The third-order valence-electron chi connectivity index (χ3n) is 6.66. The molecule has 1 unspecified atom stereocenters. The monoisotopic (exact) mass is 497 g/mol. The van der Waals surface area contributed by atoms with E-state index in [1.165, 1.54) is 6.07 Å². The van der Waals surface area contributed by atoms with Crippen molar-refractivity contribution < 1.29 is 13.9 Å². The molecule has 1 aromatic rings. The minimum atomic E-state index is -0.640. The molecule has 0 N–H and O–H groups in total. The Morgan fingerprint density at radius 3 is 2.69 bits per heavy atom. The van der Waals surface area contributed by atoms with Crippen molar-refractivity contribution in [2.45, 2.75) is 76.6 Å². The van der Waals surface area contributed by atoms with Gasteiger partial charge in [0.05, 0.1) is 5.70 Å². The van der Waals surface area contributed by atoms with Gasteiger partial charge in [0.1, 0.15) is 17.6 Å². The summed E-state index contributed by atoms with van der Waals surface area (Å²) in [5.74, 6) is -0.616. The number of aliphatic imine (C=N–C) groups is 1. The summed E-state index contributed by atoms with van der Waals surface area (Å²) in [6.07, 6.45) is 10.9. The summed E-state index contributed by atoms with van der Waals surface area (Å²) >= 11 is 6.26. The Bertz CT molecular complexity index is 1170. The van der Waals surface area contributed by atoms with Crippen molar-refractivity contribution in [3.63, 3.8) is 0 Å². The molecule has 1 fully saturated rings. The van der Waals surface area contributed by atoms with E-state index in [0.717, 1.165) is 37.0 Å². The van der Waals surface area contributed by atoms with Gasteiger partial charge in [-0.3, -0.25) is 14.9 Å². The van der Waals surface area contributed by atoms with Crippen LogP contribution in [0.3, 0.4) is 0 Å². The van der Waals surface area contributed by atoms with Crippen LogP contribution in [0.5, 0.6) is 0 Å². The van der Waals surface area contributed by atoms with Crippen molar-refractivity contribution in [3.8, 4) is 0 Å². The number of carbonyl (C=O) groups excluding carboxylic acids is 1. The van der Waals surface area contributed by atoms with Gasteiger partial charge < -0.3 is 4.74 Å². The molecule has 2 aliphatic carbocycles. The highest BCUT2D eigenvalue weighted by molar-refractivity contribution is 6.31. The quantitative estimate of drug-likeness (QED) is 0.422. The molecule has 0 radical (unpaired) electrons. The first-order chi connectivity index (χ1) is 16.7. The molecule has 35 heavy (non-hydrogen) atoms. The number of rotatable bonds is 3. The van der Waals surface area contributed by atoms with Gasteiger partial charge in [-0.15, -0.1) is 0 Å². The Hall–Kier alpha value is -3.00. The molecule has 5 rings (SSSR count). The fraction of sp³-hybridized carbons (Fsp3) is 0.462. The van der Waals surface area contributed by atoms with Crippen LogP contribution in [0.25, 0.3) is 0 Å². The highest BCUT2D eigenvalue weighted by Crippen LogP contribution is 2.39. The first kappa shape index (κ1) is 23.7. The standard InChI is InChI=1S/C26H29ClFN5O2/c1-26(2,3)35-25(34)24-19-12-9-17(27)13-21(19)29-14-23-32(24)15-30-33(23)18-10-7-16(8-11-18)20-5-4-6-22(28)31-20/h4-6,9,13-16,18,23H,7-8,10-12H2,1-3H3. The van der Waals surface area contributed by atoms with Gasteiger partial charge in [0, 0.05) is 34.5 Å². The molecule has 3 heterocycles. The molecule has 7 nitrogen and oxygen atoms in total. The SMILES string of the molecule is CC(C)(C)OC(=O)C1=C2CC=C(Cl)C=C2N=CC2N1C=NN2C1CCC(c2cccc(F)n2)CC1. The number of hydrogen-bond acceptors (Lipinski definition) is 7. The number of nitrogens with zero attached hydrogens (tertiary/aromatic N) is 5. The molecule has 0 bridgehead atoms. The number of aromatic nitrogens is 1. The lowest BCUT2D eigenvalue weighted by molar-refractivity contribution is -0.151. The van der Waals surface area contributed by atoms with Crippen molar-refractivity contribution >= 4 is 30.1 Å². The number of fused-ring (bicyclic) bond motifs is 2. The number of carbonyl (C=O) groups is 1. The molecule has 0 saturated heterocycles. The average Bonchev–Trinajstić information content (AvgIpc) is 3.14. The molecule has 1 aromatic heterocycles. The molecule has 9 heteroatoms. The smallest absolute Gasteiger partial charge is 0.355 e. The van der Waals surface area contributed by atoms with E-state index in [1.54, 1.807) is 18.5 Å². The fourth-order valence-corrected chi connectivity index (χ4v) is 5.26. The van der Waals surface area contributed by atoms with Crippen molar-refractivity contribution in [2.24, 2.45) is 10.1 Å². The zero-order valence-electron chi connectivity index (χ0n) is 20.1. The molecule has 2 aliphatic heterocycles. The molecular weight excluding hydrogens is 469 g/mol. The van der Waals surface area contributed by atoms with Crippen molar-refractivity contribution in [2.75, 3.05) is 0 Å². The summed E-state index contributed by atoms with van der Waals surface area (Å²) in [6, 6.07) is 5.16. The van der Waals surface area contributed by atoms with Crippen molar-refractivity contribution in [1.82, 2.24) is 14.9 Å². The second-order valence-electron chi connectivity index (χ2n) is 10.3. The molecule has 1 saturated carbocycles. The number of halogens is 2. The van der Waals surface area contributed by atoms with Crippen LogP contribution in [0.15, 0.2) is 62.4 Å². The zero-order valence-corrected chi connectivity index (χ0v) is 20.9. The molecule has 4 aliphatic rings. The van der Waals surface area contributed by atoms with Gasteiger partial charge in [-0.1, -0.05) is 23.7 Å². The Labute approximate surface area is 209 Å². The predicted molar refractivity (Wildman–Crippen MR) is 133 cm³/mol. The number of ether oxygens (including phenoxy) is 1. The number of pyridine rings is 1. The van der Waals surface area contributed by atoms with E-state index >= 15 is 0 Å². The zero-order chi connectivity index (χ0) is 24.7. The molecule has 0 spiro atoms. The summed E-state index contributed by atoms with van der Waals surface area (Å²) in [5.41, 5.74) is 2.05. The third-order valence-corrected chi connectivity index (χ3v) is 6.92. The maximum absolute atomic E-state index is 13.6. The lowest BCUT2D eigenvalue weighted by atomic mass is 9.83. The van der Waals surface area contributed by atoms with Gasteiger partial charge in [0.15, 0.2) is 6.17 Å². The predicted octanol–water partition coefficient (Wildman–Crippen LogP) is 5.22. The van der Waals surface area contributed by atoms with E-state index in [2.05, 4.69) is 4.98 Å². The summed E-state index contributed by atoms with van der Waals surface area (Å²) in [7, 11) is 0. The highest BCUT2D eigenvalue weighted by Gasteiger charge is 2.41. The van der Waals surface area contributed by atoms with E-state index in [9.17, 15) is 9.18 Å². The summed E-state index contributed by atoms with van der Waals surface area (Å²) in [4.78, 5) is 24.0. The van der Waals surface area contributed by atoms with Gasteiger partial charge >= 0.3 is 5.97 Å². The van der Waals surface area contributed by atoms with Crippen molar-refractivity contribution in [3.05, 3.63) is 64.0 Å². The van der Waals surface area contributed by atoms with Crippen LogP contribution >= 0.6 is 11.6 Å². The normalized spacial score (nSPS) is 26.1. The minimum absolute atomic E-state index is 0.165. The fourth-order valence-electron chi connectivity index (χ4n) is 5.08. The first-order valence-electron chi connectivity index (χ1n) is 12.0. The maximum atomic E-state index is 13.6. The van der Waals surface area contributed by atoms with Crippen LogP contribution in [0.2, 0.25) is 0 Å².